The van der Waals surface area contributed by atoms with E-state index in [4.69, 9.17) is 0 Å². The summed E-state index contributed by atoms with van der Waals surface area (Å²) in [6, 6.07) is 42.1. The summed E-state index contributed by atoms with van der Waals surface area (Å²) in [5.41, 5.74) is 11.7. The molecular weight excluding hydrogens is 594 g/mol. The second-order valence-corrected chi connectivity index (χ2v) is 12.3. The molecule has 0 bridgehead atoms. The maximum Gasteiger partial charge on any atom is 0.0462 e. The number of hydrogen-bond acceptors (Lipinski definition) is 1. The van der Waals surface area contributed by atoms with Crippen LogP contribution in [0, 0.1) is 5.92 Å². The minimum atomic E-state index is 0.246. The van der Waals surface area contributed by atoms with Gasteiger partial charge >= 0.3 is 0 Å². The molecule has 1 aliphatic carbocycles. The number of hydrogen-bond donors (Lipinski definition) is 0. The van der Waals surface area contributed by atoms with Gasteiger partial charge in [0.05, 0.1) is 0 Å². The summed E-state index contributed by atoms with van der Waals surface area (Å²) in [4.78, 5) is 2.31. The van der Waals surface area contributed by atoms with Gasteiger partial charge in [0.25, 0.3) is 0 Å². The maximum atomic E-state index is 3.58. The van der Waals surface area contributed by atoms with Gasteiger partial charge in [0.15, 0.2) is 0 Å². The molecule has 38 heavy (non-hydrogen) atoms. The van der Waals surface area contributed by atoms with Crippen molar-refractivity contribution in [1.29, 1.82) is 0 Å². The molecule has 1 unspecified atom stereocenters. The topological polar surface area (TPSA) is 3.24 Å². The summed E-state index contributed by atoms with van der Waals surface area (Å²) in [5, 5.41) is 0. The van der Waals surface area contributed by atoms with Gasteiger partial charge < -0.3 is 4.90 Å². The van der Waals surface area contributed by atoms with Crippen LogP contribution in [0.15, 0.2) is 124 Å². The van der Waals surface area contributed by atoms with Crippen molar-refractivity contribution in [2.45, 2.75) is 26.2 Å². The zero-order valence-electron chi connectivity index (χ0n) is 21.5. The predicted octanol–water partition coefficient (Wildman–Crippen LogP) is 11.0. The lowest BCUT2D eigenvalue weighted by atomic mass is 9.88. The molecule has 0 heterocycles. The lowest BCUT2D eigenvalue weighted by Crippen LogP contribution is -2.10. The van der Waals surface area contributed by atoms with Crippen molar-refractivity contribution < 1.29 is 0 Å². The van der Waals surface area contributed by atoms with E-state index in [1.54, 1.807) is 0 Å². The highest BCUT2D eigenvalue weighted by Crippen LogP contribution is 2.49. The molecule has 1 aliphatic rings. The highest BCUT2D eigenvalue weighted by Gasteiger charge is 2.30. The first-order chi connectivity index (χ1) is 18.5. The summed E-state index contributed by atoms with van der Waals surface area (Å²) >= 11 is 7.17. The van der Waals surface area contributed by atoms with Crippen molar-refractivity contribution >= 4 is 48.9 Å². The van der Waals surface area contributed by atoms with Gasteiger partial charge in [-0.2, -0.15) is 0 Å². The Bertz CT molecular complexity index is 1520. The monoisotopic (exact) mass is 621 g/mol. The summed E-state index contributed by atoms with van der Waals surface area (Å²) in [6.45, 7) is 4.58. The van der Waals surface area contributed by atoms with E-state index in [1.807, 2.05) is 0 Å². The third-order valence-corrected chi connectivity index (χ3v) is 8.34. The predicted molar refractivity (Wildman–Crippen MR) is 168 cm³/mol. The van der Waals surface area contributed by atoms with Crippen LogP contribution >= 0.6 is 31.9 Å². The van der Waals surface area contributed by atoms with Gasteiger partial charge in [-0.3, -0.25) is 0 Å². The fraction of sp³-hybridized carbons (Fsp3) is 0.143. The molecule has 0 saturated carbocycles. The Morgan fingerprint density at radius 1 is 0.605 bits per heavy atom. The summed E-state index contributed by atoms with van der Waals surface area (Å²) in [6.07, 6.45) is 1.10. The number of benzene rings is 5. The van der Waals surface area contributed by atoms with Gasteiger partial charge in [-0.05, 0) is 106 Å². The number of rotatable bonds is 6. The molecule has 1 nitrogen and oxygen atoms in total. The number of anilines is 3. The molecule has 5 aromatic carbocycles. The Kier molecular flexibility index (Phi) is 6.99. The van der Waals surface area contributed by atoms with Gasteiger partial charge in [0, 0.05) is 31.9 Å². The second-order valence-electron chi connectivity index (χ2n) is 10.4. The lowest BCUT2D eigenvalue weighted by molar-refractivity contribution is 0.647. The van der Waals surface area contributed by atoms with E-state index >= 15 is 0 Å². The molecule has 0 aliphatic heterocycles. The van der Waals surface area contributed by atoms with Crippen LogP contribution in [0.1, 0.15) is 42.0 Å². The van der Waals surface area contributed by atoms with Crippen LogP contribution in [0.3, 0.4) is 0 Å². The van der Waals surface area contributed by atoms with E-state index in [2.05, 4.69) is 166 Å². The average molecular weight is 623 g/mol. The number of fused-ring (bicyclic) bond motifs is 3. The third kappa shape index (κ3) is 4.86. The largest absolute Gasteiger partial charge is 0.311 e. The first-order valence-electron chi connectivity index (χ1n) is 13.1. The van der Waals surface area contributed by atoms with Crippen LogP contribution in [0.4, 0.5) is 17.1 Å². The lowest BCUT2D eigenvalue weighted by Gasteiger charge is -2.26. The number of halogens is 2. The van der Waals surface area contributed by atoms with E-state index in [9.17, 15) is 0 Å². The van der Waals surface area contributed by atoms with Crippen LogP contribution in [-0.2, 0) is 6.42 Å². The Balaban J connectivity index is 1.42. The van der Waals surface area contributed by atoms with E-state index in [0.717, 1.165) is 32.4 Å². The standard InChI is InChI=1S/C35H29Br2N/c1-23(2)21-24-7-20-32-31-5-3-4-6-33(31)35(34(32)22-24)25-8-14-28(15-9-25)38(29-16-10-26(36)11-17-29)30-18-12-27(37)13-19-30/h3-20,22-23,35H,21H2,1-2H3. The van der Waals surface area contributed by atoms with Gasteiger partial charge in [-0.25, -0.2) is 0 Å². The van der Waals surface area contributed by atoms with E-state index in [1.165, 1.54) is 33.4 Å². The smallest absolute Gasteiger partial charge is 0.0462 e. The van der Waals surface area contributed by atoms with Crippen molar-refractivity contribution in [1.82, 2.24) is 0 Å². The van der Waals surface area contributed by atoms with Crippen molar-refractivity contribution in [3.05, 3.63) is 146 Å². The summed E-state index contributed by atoms with van der Waals surface area (Å²) < 4.78 is 2.14. The third-order valence-electron chi connectivity index (χ3n) is 7.29. The zero-order valence-corrected chi connectivity index (χ0v) is 24.7. The van der Waals surface area contributed by atoms with E-state index < -0.39 is 0 Å². The molecule has 0 fully saturated rings. The molecule has 0 N–H and O–H groups in total. The Hall–Kier alpha value is -3.14. The minimum Gasteiger partial charge on any atom is -0.311 e. The van der Waals surface area contributed by atoms with Gasteiger partial charge in [-0.1, -0.05) is 100 Å². The molecule has 0 saturated heterocycles. The molecule has 6 rings (SSSR count). The molecule has 0 amide bonds. The van der Waals surface area contributed by atoms with Crippen LogP contribution < -0.4 is 4.90 Å². The van der Waals surface area contributed by atoms with Crippen molar-refractivity contribution in [3.8, 4) is 11.1 Å². The molecule has 0 aromatic heterocycles. The summed E-state index contributed by atoms with van der Waals surface area (Å²) in [5.74, 6) is 0.883. The van der Waals surface area contributed by atoms with Crippen molar-refractivity contribution in [3.63, 3.8) is 0 Å². The van der Waals surface area contributed by atoms with Crippen molar-refractivity contribution in [2.75, 3.05) is 4.90 Å². The van der Waals surface area contributed by atoms with E-state index in [-0.39, 0.29) is 5.92 Å². The van der Waals surface area contributed by atoms with E-state index in [0.29, 0.717) is 5.92 Å². The first-order valence-corrected chi connectivity index (χ1v) is 14.7. The normalized spacial score (nSPS) is 13.9. The average Bonchev–Trinajstić information content (AvgIpc) is 3.25. The van der Waals surface area contributed by atoms with Gasteiger partial charge in [0.2, 0.25) is 0 Å². The SMILES string of the molecule is CC(C)Cc1ccc2c(c1)C(c1ccc(N(c3ccc(Br)cc3)c3ccc(Br)cc3)cc1)c1ccccc1-2. The van der Waals surface area contributed by atoms with Crippen LogP contribution in [0.2, 0.25) is 0 Å². The minimum absolute atomic E-state index is 0.246. The van der Waals surface area contributed by atoms with Gasteiger partial charge in [0.1, 0.15) is 0 Å². The first kappa shape index (κ1) is 25.2. The second kappa shape index (κ2) is 10.6. The summed E-state index contributed by atoms with van der Waals surface area (Å²) in [7, 11) is 0. The molecule has 5 aromatic rings. The van der Waals surface area contributed by atoms with Crippen LogP contribution in [-0.4, -0.2) is 0 Å². The Labute approximate surface area is 242 Å². The molecule has 188 valence electrons. The Morgan fingerprint density at radius 3 is 1.71 bits per heavy atom. The quantitative estimate of drug-likeness (QED) is 0.178. The number of nitrogens with zero attached hydrogens (tertiary/aromatic N) is 1. The van der Waals surface area contributed by atoms with Gasteiger partial charge in [-0.15, -0.1) is 0 Å². The molecule has 1 atom stereocenters. The molecule has 0 radical (unpaired) electrons. The highest BCUT2D eigenvalue weighted by atomic mass is 79.9. The van der Waals surface area contributed by atoms with Crippen molar-refractivity contribution in [2.24, 2.45) is 5.92 Å². The fourth-order valence-corrected chi connectivity index (χ4v) is 6.19. The molecule has 3 heteroatoms. The zero-order chi connectivity index (χ0) is 26.2. The highest BCUT2D eigenvalue weighted by molar-refractivity contribution is 9.10. The molecule has 0 spiro atoms. The Morgan fingerprint density at radius 2 is 1.13 bits per heavy atom. The molecular formula is C35H29Br2N. The maximum absolute atomic E-state index is 3.58. The van der Waals surface area contributed by atoms with Crippen LogP contribution in [0.25, 0.3) is 11.1 Å². The van der Waals surface area contributed by atoms with Crippen LogP contribution in [0.5, 0.6) is 0 Å². The fourth-order valence-electron chi connectivity index (χ4n) is 5.66.